The number of hydrogen-bond acceptors (Lipinski definition) is 6. The Morgan fingerprint density at radius 1 is 1.18 bits per heavy atom. The first kappa shape index (κ1) is 15.0. The van der Waals surface area contributed by atoms with Gasteiger partial charge < -0.3 is 13.9 Å². The molecule has 1 aromatic carbocycles. The van der Waals surface area contributed by atoms with Crippen molar-refractivity contribution < 1.29 is 35.4 Å². The first-order valence-electron chi connectivity index (χ1n) is 6.22. The Morgan fingerprint density at radius 3 is 2.32 bits per heavy atom. The summed E-state index contributed by atoms with van der Waals surface area (Å²) in [6.45, 7) is 0. The maximum Gasteiger partial charge on any atom is 0.534 e. The highest BCUT2D eigenvalue weighted by Crippen LogP contribution is 2.37. The molecule has 3 rings (SSSR count). The minimum Gasteiger partial charge on any atom is -0.381 e. The molecule has 1 aliphatic heterocycles. The second-order valence-corrected chi connectivity index (χ2v) is 6.17. The van der Waals surface area contributed by atoms with Gasteiger partial charge in [0.05, 0.1) is 0 Å². The topological polar surface area (TPSA) is 65.1 Å². The minimum absolute atomic E-state index is 0.0273. The molecule has 0 saturated carbocycles. The normalized spacial score (nSPS) is 21.8. The lowest BCUT2D eigenvalue weighted by Gasteiger charge is -2.17. The molecule has 0 radical (unpaired) electrons. The Balaban J connectivity index is 1.69. The SMILES string of the molecule is O=S(=O)(OC1=CC(N2Oc3ccccc3O2)CC1)C(F)(F)F. The van der Waals surface area contributed by atoms with Gasteiger partial charge in [0.2, 0.25) is 0 Å². The second kappa shape index (κ2) is 5.06. The van der Waals surface area contributed by atoms with Gasteiger partial charge in [-0.1, -0.05) is 12.1 Å². The minimum atomic E-state index is -5.65. The molecule has 0 amide bonds. The van der Waals surface area contributed by atoms with E-state index in [0.717, 1.165) is 5.23 Å². The van der Waals surface area contributed by atoms with Crippen molar-refractivity contribution >= 4 is 10.1 Å². The van der Waals surface area contributed by atoms with E-state index in [1.54, 1.807) is 24.3 Å². The third kappa shape index (κ3) is 2.71. The highest BCUT2D eigenvalue weighted by atomic mass is 32.2. The zero-order valence-corrected chi connectivity index (χ0v) is 11.7. The first-order valence-corrected chi connectivity index (χ1v) is 7.63. The van der Waals surface area contributed by atoms with Crippen LogP contribution in [0.25, 0.3) is 0 Å². The lowest BCUT2D eigenvalue weighted by atomic mass is 10.3. The zero-order valence-electron chi connectivity index (χ0n) is 10.9. The zero-order chi connectivity index (χ0) is 16.0. The average molecular weight is 337 g/mol. The highest BCUT2D eigenvalue weighted by Gasteiger charge is 2.49. The molecule has 1 aliphatic carbocycles. The summed E-state index contributed by atoms with van der Waals surface area (Å²) in [5.74, 6) is 0.645. The maximum absolute atomic E-state index is 12.3. The summed E-state index contributed by atoms with van der Waals surface area (Å²) in [6, 6.07) is 6.26. The number of hydroxylamine groups is 2. The molecular weight excluding hydrogens is 327 g/mol. The maximum atomic E-state index is 12.3. The van der Waals surface area contributed by atoms with Crippen LogP contribution >= 0.6 is 0 Å². The van der Waals surface area contributed by atoms with Gasteiger partial charge in [0, 0.05) is 11.6 Å². The number of alkyl halides is 3. The van der Waals surface area contributed by atoms with Gasteiger partial charge in [0.1, 0.15) is 11.8 Å². The first-order chi connectivity index (χ1) is 10.3. The molecule has 0 spiro atoms. The molecule has 6 nitrogen and oxygen atoms in total. The van der Waals surface area contributed by atoms with Crippen LogP contribution in [0, 0.1) is 0 Å². The van der Waals surface area contributed by atoms with E-state index in [0.29, 0.717) is 17.9 Å². The molecule has 10 heteroatoms. The van der Waals surface area contributed by atoms with Crippen LogP contribution in [0.1, 0.15) is 12.8 Å². The van der Waals surface area contributed by atoms with Gasteiger partial charge in [-0.15, -0.1) is 0 Å². The number of nitrogens with zero attached hydrogens (tertiary/aromatic N) is 1. The van der Waals surface area contributed by atoms with E-state index in [2.05, 4.69) is 4.18 Å². The monoisotopic (exact) mass is 337 g/mol. The Morgan fingerprint density at radius 2 is 1.77 bits per heavy atom. The van der Waals surface area contributed by atoms with E-state index < -0.39 is 21.7 Å². The molecule has 1 aromatic rings. The number of allylic oxidation sites excluding steroid dienone is 1. The summed E-state index contributed by atoms with van der Waals surface area (Å²) in [6.07, 6.45) is 1.56. The van der Waals surface area contributed by atoms with Crippen molar-refractivity contribution in [2.45, 2.75) is 24.4 Å². The van der Waals surface area contributed by atoms with E-state index in [-0.39, 0.29) is 12.2 Å². The number of para-hydroxylation sites is 2. The summed E-state index contributed by atoms with van der Waals surface area (Å²) in [5.41, 5.74) is -5.46. The molecule has 2 aliphatic rings. The standard InChI is InChI=1S/C12H10F3NO5S/c13-12(14,15)22(17,18)21-9-6-5-8(7-9)16-19-10-3-1-2-4-11(10)20-16/h1-4,7-8H,5-6H2. The van der Waals surface area contributed by atoms with Crippen molar-refractivity contribution in [3.63, 3.8) is 0 Å². The Kier molecular flexibility index (Phi) is 3.44. The molecule has 0 N–H and O–H groups in total. The number of halogens is 3. The van der Waals surface area contributed by atoms with Crippen LogP contribution in [0.4, 0.5) is 13.2 Å². The van der Waals surface area contributed by atoms with E-state index in [9.17, 15) is 21.6 Å². The van der Waals surface area contributed by atoms with E-state index in [1.807, 2.05) is 0 Å². The van der Waals surface area contributed by atoms with Gasteiger partial charge in [0.25, 0.3) is 0 Å². The lowest BCUT2D eigenvalue weighted by Crippen LogP contribution is -2.34. The van der Waals surface area contributed by atoms with Crippen molar-refractivity contribution in [2.75, 3.05) is 0 Å². The van der Waals surface area contributed by atoms with Gasteiger partial charge >= 0.3 is 15.6 Å². The van der Waals surface area contributed by atoms with E-state index in [1.165, 1.54) is 6.08 Å². The molecule has 0 fully saturated rings. The van der Waals surface area contributed by atoms with Gasteiger partial charge in [0.15, 0.2) is 11.5 Å². The van der Waals surface area contributed by atoms with E-state index in [4.69, 9.17) is 9.68 Å². The molecular formula is C12H10F3NO5S. The molecule has 120 valence electrons. The lowest BCUT2D eigenvalue weighted by molar-refractivity contribution is -0.243. The van der Waals surface area contributed by atoms with Crippen LogP contribution in [0.3, 0.4) is 0 Å². The van der Waals surface area contributed by atoms with Crippen molar-refractivity contribution in [3.05, 3.63) is 36.1 Å². The van der Waals surface area contributed by atoms with Gasteiger partial charge in [-0.3, -0.25) is 0 Å². The number of hydrogen-bond donors (Lipinski definition) is 0. The van der Waals surface area contributed by atoms with Crippen molar-refractivity contribution in [1.29, 1.82) is 0 Å². The summed E-state index contributed by atoms with van der Waals surface area (Å²) in [4.78, 5) is 10.8. The molecule has 1 heterocycles. The van der Waals surface area contributed by atoms with E-state index >= 15 is 0 Å². The van der Waals surface area contributed by atoms with Gasteiger partial charge in [-0.05, 0) is 24.6 Å². The Hall–Kier alpha value is -1.94. The quantitative estimate of drug-likeness (QED) is 0.624. The highest BCUT2D eigenvalue weighted by molar-refractivity contribution is 7.87. The smallest absolute Gasteiger partial charge is 0.381 e. The fourth-order valence-corrected chi connectivity index (χ4v) is 2.56. The molecule has 0 bridgehead atoms. The van der Waals surface area contributed by atoms with Crippen molar-refractivity contribution in [2.24, 2.45) is 0 Å². The molecule has 1 atom stereocenters. The molecule has 0 aromatic heterocycles. The third-order valence-corrected chi connectivity index (χ3v) is 4.06. The number of fused-ring (bicyclic) bond motifs is 1. The summed E-state index contributed by atoms with van der Waals surface area (Å²) >= 11 is 0. The predicted molar refractivity (Wildman–Crippen MR) is 66.7 cm³/mol. The molecule has 1 unspecified atom stereocenters. The van der Waals surface area contributed by atoms with Crippen molar-refractivity contribution in [3.8, 4) is 11.5 Å². The summed E-state index contributed by atoms with van der Waals surface area (Å²) in [5, 5.41) is 1.10. The van der Waals surface area contributed by atoms with Crippen molar-refractivity contribution in [1.82, 2.24) is 5.23 Å². The summed E-state index contributed by atoms with van der Waals surface area (Å²) < 4.78 is 62.8. The van der Waals surface area contributed by atoms with Crippen LogP contribution in [0.15, 0.2) is 36.1 Å². The fourth-order valence-electron chi connectivity index (χ4n) is 2.04. The predicted octanol–water partition coefficient (Wildman–Crippen LogP) is 2.50. The number of rotatable bonds is 3. The van der Waals surface area contributed by atoms with Gasteiger partial charge in [-0.2, -0.15) is 21.6 Å². The summed E-state index contributed by atoms with van der Waals surface area (Å²) in [7, 11) is -5.65. The number of benzene rings is 1. The average Bonchev–Trinajstić information content (AvgIpc) is 3.02. The third-order valence-electron chi connectivity index (χ3n) is 3.06. The Labute approximate surface area is 123 Å². The molecule has 0 saturated heterocycles. The van der Waals surface area contributed by atoms with Crippen LogP contribution in [0.5, 0.6) is 11.5 Å². The molecule has 22 heavy (non-hydrogen) atoms. The van der Waals surface area contributed by atoms with Crippen LogP contribution in [0.2, 0.25) is 0 Å². The largest absolute Gasteiger partial charge is 0.534 e. The van der Waals surface area contributed by atoms with Crippen LogP contribution < -0.4 is 9.68 Å². The van der Waals surface area contributed by atoms with Crippen LogP contribution in [-0.2, 0) is 14.3 Å². The second-order valence-electron chi connectivity index (χ2n) is 4.64. The Bertz CT molecular complexity index is 691. The van der Waals surface area contributed by atoms with Crippen LogP contribution in [-0.4, -0.2) is 25.2 Å². The fraction of sp³-hybridized carbons (Fsp3) is 0.333. The van der Waals surface area contributed by atoms with Gasteiger partial charge in [-0.25, -0.2) is 0 Å².